The Bertz CT molecular complexity index is 475. The molecule has 0 aromatic heterocycles. The number of hydrogen-bond acceptors (Lipinski definition) is 3. The van der Waals surface area contributed by atoms with Crippen LogP contribution in [0, 0.1) is 5.92 Å². The van der Waals surface area contributed by atoms with Crippen LogP contribution in [0.2, 0.25) is 5.02 Å². The fourth-order valence-electron chi connectivity index (χ4n) is 1.37. The third kappa shape index (κ3) is 5.18. The Hall–Kier alpha value is -1.75. The SMILES string of the molecule is CC(C)CCC(=O)NNC(=O)c1cc(Cl)ccc1O. The van der Waals surface area contributed by atoms with Crippen LogP contribution in [0.5, 0.6) is 5.75 Å². The highest BCUT2D eigenvalue weighted by molar-refractivity contribution is 6.31. The van der Waals surface area contributed by atoms with Gasteiger partial charge in [-0.2, -0.15) is 0 Å². The lowest BCUT2D eigenvalue weighted by molar-refractivity contribution is -0.122. The lowest BCUT2D eigenvalue weighted by Gasteiger charge is -2.09. The molecule has 0 saturated heterocycles. The van der Waals surface area contributed by atoms with E-state index in [2.05, 4.69) is 10.9 Å². The van der Waals surface area contributed by atoms with Gasteiger partial charge in [-0.3, -0.25) is 20.4 Å². The molecule has 0 radical (unpaired) electrons. The third-order valence-corrected chi connectivity index (χ3v) is 2.70. The van der Waals surface area contributed by atoms with Crippen molar-refractivity contribution in [1.82, 2.24) is 10.9 Å². The number of carbonyl (C=O) groups excluding carboxylic acids is 2. The molecule has 0 aliphatic rings. The molecule has 2 amide bonds. The number of amides is 2. The Morgan fingerprint density at radius 1 is 1.32 bits per heavy atom. The molecule has 0 saturated carbocycles. The largest absolute Gasteiger partial charge is 0.507 e. The van der Waals surface area contributed by atoms with Crippen LogP contribution in [0.4, 0.5) is 0 Å². The van der Waals surface area contributed by atoms with Crippen LogP contribution in [0.15, 0.2) is 18.2 Å². The molecule has 0 aliphatic heterocycles. The Morgan fingerprint density at radius 2 is 2.00 bits per heavy atom. The van der Waals surface area contributed by atoms with Gasteiger partial charge in [0.1, 0.15) is 5.75 Å². The summed E-state index contributed by atoms with van der Waals surface area (Å²) in [6.45, 7) is 4.02. The van der Waals surface area contributed by atoms with Gasteiger partial charge in [0.15, 0.2) is 0 Å². The zero-order valence-electron chi connectivity index (χ0n) is 10.9. The molecule has 0 bridgehead atoms. The van der Waals surface area contributed by atoms with Crippen molar-refractivity contribution in [2.75, 3.05) is 0 Å². The number of nitrogens with one attached hydrogen (secondary N) is 2. The highest BCUT2D eigenvalue weighted by Gasteiger charge is 2.12. The molecule has 0 fully saturated rings. The standard InChI is InChI=1S/C13H17ClN2O3/c1-8(2)3-6-12(18)15-16-13(19)10-7-9(14)4-5-11(10)17/h4-5,7-8,17H,3,6H2,1-2H3,(H,15,18)(H,16,19). The Kier molecular flexibility index (Phi) is 5.63. The van der Waals surface area contributed by atoms with Gasteiger partial charge in [0.05, 0.1) is 5.56 Å². The summed E-state index contributed by atoms with van der Waals surface area (Å²) in [6.07, 6.45) is 1.07. The second-order valence-electron chi connectivity index (χ2n) is 4.60. The maximum atomic E-state index is 11.7. The molecule has 3 N–H and O–H groups in total. The molecule has 1 aromatic rings. The van der Waals surface area contributed by atoms with E-state index in [4.69, 9.17) is 11.6 Å². The Balaban J connectivity index is 2.51. The molecule has 1 aromatic carbocycles. The summed E-state index contributed by atoms with van der Waals surface area (Å²) in [5.41, 5.74) is 4.53. The predicted molar refractivity (Wildman–Crippen MR) is 72.8 cm³/mol. The van der Waals surface area contributed by atoms with Gasteiger partial charge in [-0.05, 0) is 30.5 Å². The average molecular weight is 285 g/mol. The summed E-state index contributed by atoms with van der Waals surface area (Å²) in [4.78, 5) is 23.1. The first kappa shape index (κ1) is 15.3. The van der Waals surface area contributed by atoms with Crippen LogP contribution >= 0.6 is 11.6 Å². The van der Waals surface area contributed by atoms with Crippen LogP contribution in [-0.2, 0) is 4.79 Å². The van der Waals surface area contributed by atoms with Crippen molar-refractivity contribution in [3.05, 3.63) is 28.8 Å². The number of carbonyl (C=O) groups is 2. The van der Waals surface area contributed by atoms with E-state index >= 15 is 0 Å². The number of aromatic hydroxyl groups is 1. The van der Waals surface area contributed by atoms with Gasteiger partial charge in [0.2, 0.25) is 5.91 Å². The number of rotatable bonds is 4. The smallest absolute Gasteiger partial charge is 0.273 e. The zero-order valence-corrected chi connectivity index (χ0v) is 11.6. The molecular weight excluding hydrogens is 268 g/mol. The van der Waals surface area contributed by atoms with Crippen LogP contribution in [0.3, 0.4) is 0 Å². The molecule has 0 heterocycles. The van der Waals surface area contributed by atoms with Crippen molar-refractivity contribution in [1.29, 1.82) is 0 Å². The van der Waals surface area contributed by atoms with Crippen LogP contribution in [0.25, 0.3) is 0 Å². The van der Waals surface area contributed by atoms with Gasteiger partial charge in [0.25, 0.3) is 5.91 Å². The van der Waals surface area contributed by atoms with Crippen molar-refractivity contribution in [3.63, 3.8) is 0 Å². The maximum Gasteiger partial charge on any atom is 0.273 e. The molecule has 19 heavy (non-hydrogen) atoms. The number of halogens is 1. The topological polar surface area (TPSA) is 78.4 Å². The fourth-order valence-corrected chi connectivity index (χ4v) is 1.54. The van der Waals surface area contributed by atoms with Crippen LogP contribution in [0.1, 0.15) is 37.0 Å². The second-order valence-corrected chi connectivity index (χ2v) is 5.03. The molecule has 104 valence electrons. The van der Waals surface area contributed by atoms with Crippen molar-refractivity contribution in [2.45, 2.75) is 26.7 Å². The first-order valence-electron chi connectivity index (χ1n) is 5.98. The van der Waals surface area contributed by atoms with Gasteiger partial charge in [-0.1, -0.05) is 25.4 Å². The molecule has 0 unspecified atom stereocenters. The molecule has 1 rings (SSSR count). The number of hydrogen-bond donors (Lipinski definition) is 3. The molecule has 0 spiro atoms. The minimum Gasteiger partial charge on any atom is -0.507 e. The summed E-state index contributed by atoms with van der Waals surface area (Å²) < 4.78 is 0. The maximum absolute atomic E-state index is 11.7. The minimum absolute atomic E-state index is 0.0108. The zero-order chi connectivity index (χ0) is 14.4. The lowest BCUT2D eigenvalue weighted by Crippen LogP contribution is -2.41. The summed E-state index contributed by atoms with van der Waals surface area (Å²) in [7, 11) is 0. The van der Waals surface area contributed by atoms with Gasteiger partial charge >= 0.3 is 0 Å². The first-order chi connectivity index (χ1) is 8.90. The quantitative estimate of drug-likeness (QED) is 0.742. The molecule has 5 nitrogen and oxygen atoms in total. The highest BCUT2D eigenvalue weighted by atomic mass is 35.5. The summed E-state index contributed by atoms with van der Waals surface area (Å²) in [5.74, 6) is -0.668. The normalized spacial score (nSPS) is 10.3. The lowest BCUT2D eigenvalue weighted by atomic mass is 10.1. The monoisotopic (exact) mass is 284 g/mol. The Labute approximate surface area is 116 Å². The number of benzene rings is 1. The number of phenolic OH excluding ortho intramolecular Hbond substituents is 1. The number of hydrazine groups is 1. The van der Waals surface area contributed by atoms with E-state index in [0.29, 0.717) is 17.4 Å². The fraction of sp³-hybridized carbons (Fsp3) is 0.385. The van der Waals surface area contributed by atoms with Gasteiger partial charge in [0, 0.05) is 11.4 Å². The average Bonchev–Trinajstić information content (AvgIpc) is 2.36. The van der Waals surface area contributed by atoms with Gasteiger partial charge in [-0.15, -0.1) is 0 Å². The van der Waals surface area contributed by atoms with E-state index in [0.717, 1.165) is 6.42 Å². The third-order valence-electron chi connectivity index (χ3n) is 2.47. The van der Waals surface area contributed by atoms with E-state index in [1.807, 2.05) is 13.8 Å². The number of phenols is 1. The van der Waals surface area contributed by atoms with E-state index in [1.54, 1.807) is 0 Å². The highest BCUT2D eigenvalue weighted by Crippen LogP contribution is 2.20. The van der Waals surface area contributed by atoms with Crippen molar-refractivity contribution >= 4 is 23.4 Å². The molecule has 0 atom stereocenters. The predicted octanol–water partition coefficient (Wildman–Crippen LogP) is 2.24. The molecular formula is C13H17ClN2O3. The van der Waals surface area contributed by atoms with Crippen molar-refractivity contribution < 1.29 is 14.7 Å². The van der Waals surface area contributed by atoms with Crippen LogP contribution < -0.4 is 10.9 Å². The van der Waals surface area contributed by atoms with Gasteiger partial charge in [-0.25, -0.2) is 0 Å². The summed E-state index contributed by atoms with van der Waals surface area (Å²) in [6, 6.07) is 4.11. The van der Waals surface area contributed by atoms with Crippen molar-refractivity contribution in [2.24, 2.45) is 5.92 Å². The van der Waals surface area contributed by atoms with E-state index in [1.165, 1.54) is 18.2 Å². The van der Waals surface area contributed by atoms with Crippen LogP contribution in [-0.4, -0.2) is 16.9 Å². The summed E-state index contributed by atoms with van der Waals surface area (Å²) >= 11 is 5.73. The van der Waals surface area contributed by atoms with E-state index < -0.39 is 5.91 Å². The second kappa shape index (κ2) is 6.99. The van der Waals surface area contributed by atoms with E-state index in [-0.39, 0.29) is 17.2 Å². The van der Waals surface area contributed by atoms with E-state index in [9.17, 15) is 14.7 Å². The molecule has 0 aliphatic carbocycles. The minimum atomic E-state index is -0.613. The Morgan fingerprint density at radius 3 is 2.63 bits per heavy atom. The van der Waals surface area contributed by atoms with Crippen molar-refractivity contribution in [3.8, 4) is 5.75 Å². The first-order valence-corrected chi connectivity index (χ1v) is 6.35. The van der Waals surface area contributed by atoms with Gasteiger partial charge < -0.3 is 5.11 Å². The molecule has 6 heteroatoms. The summed E-state index contributed by atoms with van der Waals surface area (Å²) in [5, 5.41) is 9.84.